The SMILES string of the molecule is C=CC1CC1(NC(=O)C1CC(Oc2cc(C3(C)CSC(C(C)(C)O)=N3)nc3c2oc2ccc(OC)c(Br)c23)CN1C(=O)C(NC(=O)OC(C)(C)C)C(C)(C)C)C(=O)NS(=O)(=O)C1CC1. The van der Waals surface area contributed by atoms with Crippen LogP contribution in [0.15, 0.2) is 44.7 Å². The van der Waals surface area contributed by atoms with Crippen LogP contribution >= 0.6 is 27.7 Å². The quantitative estimate of drug-likeness (QED) is 0.148. The molecule has 2 saturated carbocycles. The Morgan fingerprint density at radius 3 is 2.36 bits per heavy atom. The maximum atomic E-state index is 14.9. The van der Waals surface area contributed by atoms with E-state index in [-0.39, 0.29) is 30.7 Å². The van der Waals surface area contributed by atoms with Crippen LogP contribution in [-0.2, 0) is 34.7 Å². The molecule has 6 atom stereocenters. The number of methoxy groups -OCH3 is 1. The number of halogens is 1. The van der Waals surface area contributed by atoms with Crippen molar-refractivity contribution in [2.75, 3.05) is 19.4 Å². The number of thioether (sulfide) groups is 1. The van der Waals surface area contributed by atoms with Crippen LogP contribution in [0.1, 0.15) is 93.7 Å². The van der Waals surface area contributed by atoms with E-state index < -0.39 is 90.9 Å². The molecule has 4 heterocycles. The molecule has 1 saturated heterocycles. The molecule has 1 aromatic carbocycles. The maximum Gasteiger partial charge on any atom is 0.408 e. The Balaban J connectivity index is 1.29. The Morgan fingerprint density at radius 2 is 1.80 bits per heavy atom. The second-order valence-electron chi connectivity index (χ2n) is 19.9. The van der Waals surface area contributed by atoms with E-state index in [1.54, 1.807) is 80.7 Å². The predicted molar refractivity (Wildman–Crippen MR) is 246 cm³/mol. The monoisotopic (exact) mass is 988 g/mol. The third kappa shape index (κ3) is 9.33. The minimum atomic E-state index is -3.96. The van der Waals surface area contributed by atoms with Crippen LogP contribution in [0.3, 0.4) is 0 Å². The molecule has 2 aliphatic heterocycles. The van der Waals surface area contributed by atoms with Crippen LogP contribution in [0.25, 0.3) is 22.1 Å². The van der Waals surface area contributed by atoms with E-state index in [2.05, 4.69) is 37.9 Å². The number of nitrogens with one attached hydrogen (secondary N) is 3. The van der Waals surface area contributed by atoms with Gasteiger partial charge in [0.25, 0.3) is 5.91 Å². The van der Waals surface area contributed by atoms with E-state index in [1.165, 1.54) is 22.7 Å². The first-order valence-electron chi connectivity index (χ1n) is 21.1. The molecule has 3 aromatic rings. The number of rotatable bonds is 13. The first kappa shape index (κ1) is 47.6. The summed E-state index contributed by atoms with van der Waals surface area (Å²) in [6.45, 7) is 19.3. The number of hydrogen-bond acceptors (Lipinski definition) is 14. The number of carbonyl (C=O) groups excluding carboxylic acids is 4. The lowest BCUT2D eigenvalue weighted by atomic mass is 9.85. The van der Waals surface area contributed by atoms with Crippen molar-refractivity contribution in [2.24, 2.45) is 16.3 Å². The molecule has 0 spiro atoms. The van der Waals surface area contributed by atoms with Crippen molar-refractivity contribution in [2.45, 2.75) is 134 Å². The van der Waals surface area contributed by atoms with E-state index in [1.807, 2.05) is 6.92 Å². The van der Waals surface area contributed by atoms with Crippen molar-refractivity contribution in [1.29, 1.82) is 0 Å². The van der Waals surface area contributed by atoms with Gasteiger partial charge in [-0.1, -0.05) is 26.8 Å². The maximum absolute atomic E-state index is 14.9. The molecule has 20 heteroatoms. The number of carbonyl (C=O) groups is 4. The summed E-state index contributed by atoms with van der Waals surface area (Å²) < 4.78 is 52.9. The van der Waals surface area contributed by atoms with Gasteiger partial charge in [0.15, 0.2) is 11.3 Å². The van der Waals surface area contributed by atoms with E-state index in [9.17, 15) is 32.7 Å². The van der Waals surface area contributed by atoms with Crippen LogP contribution in [0.4, 0.5) is 4.79 Å². The molecule has 7 rings (SSSR count). The molecule has 348 valence electrons. The number of amides is 4. The topological polar surface area (TPSA) is 228 Å². The summed E-state index contributed by atoms with van der Waals surface area (Å²) in [6.07, 6.45) is 0.652. The number of ether oxygens (including phenoxy) is 3. The molecule has 2 aliphatic carbocycles. The Kier molecular flexibility index (Phi) is 12.3. The average Bonchev–Trinajstić information content (AvgIpc) is 4.03. The molecular weight excluding hydrogens is 933 g/mol. The van der Waals surface area contributed by atoms with Gasteiger partial charge in [-0.25, -0.2) is 18.2 Å². The van der Waals surface area contributed by atoms with Gasteiger partial charge in [0.05, 0.1) is 34.5 Å². The number of aromatic nitrogens is 1. The number of fused-ring (bicyclic) bond motifs is 3. The lowest BCUT2D eigenvalue weighted by molar-refractivity contribution is -0.143. The predicted octanol–water partition coefficient (Wildman–Crippen LogP) is 5.84. The average molecular weight is 990 g/mol. The highest BCUT2D eigenvalue weighted by Crippen LogP contribution is 2.47. The smallest absolute Gasteiger partial charge is 0.408 e. The van der Waals surface area contributed by atoms with Crippen molar-refractivity contribution in [3.63, 3.8) is 0 Å². The zero-order chi connectivity index (χ0) is 47.1. The van der Waals surface area contributed by atoms with Crippen LogP contribution in [-0.4, -0.2) is 112 Å². The normalized spacial score (nSPS) is 25.4. The zero-order valence-electron chi connectivity index (χ0n) is 37.7. The van der Waals surface area contributed by atoms with Gasteiger partial charge in [-0.2, -0.15) is 0 Å². The molecule has 4 aliphatic rings. The lowest BCUT2D eigenvalue weighted by Crippen LogP contribution is -2.60. The minimum Gasteiger partial charge on any atom is -0.496 e. The zero-order valence-corrected chi connectivity index (χ0v) is 40.9. The molecule has 6 unspecified atom stereocenters. The summed E-state index contributed by atoms with van der Waals surface area (Å²) in [4.78, 5) is 67.8. The van der Waals surface area contributed by atoms with Gasteiger partial charge >= 0.3 is 6.09 Å². The highest BCUT2D eigenvalue weighted by Gasteiger charge is 2.62. The highest BCUT2D eigenvalue weighted by molar-refractivity contribution is 9.10. The fraction of sp³-hybridized carbons (Fsp3) is 0.591. The number of sulfonamides is 1. The lowest BCUT2D eigenvalue weighted by Gasteiger charge is -2.36. The molecule has 0 bridgehead atoms. The number of aliphatic hydroxyl groups is 1. The van der Waals surface area contributed by atoms with Gasteiger partial charge < -0.3 is 39.3 Å². The van der Waals surface area contributed by atoms with Crippen LogP contribution in [0.5, 0.6) is 11.5 Å². The Morgan fingerprint density at radius 1 is 1.11 bits per heavy atom. The van der Waals surface area contributed by atoms with Gasteiger partial charge in [-0.05, 0) is 94.3 Å². The largest absolute Gasteiger partial charge is 0.496 e. The first-order chi connectivity index (χ1) is 29.6. The van der Waals surface area contributed by atoms with Gasteiger partial charge in [0, 0.05) is 24.2 Å². The second kappa shape index (κ2) is 16.5. The molecule has 4 amide bonds. The molecular formula is C44H57BrN6O11S2. The van der Waals surface area contributed by atoms with Gasteiger partial charge in [-0.15, -0.1) is 18.3 Å². The van der Waals surface area contributed by atoms with Crippen LogP contribution in [0.2, 0.25) is 0 Å². The van der Waals surface area contributed by atoms with Crippen LogP contribution < -0.4 is 24.8 Å². The van der Waals surface area contributed by atoms with E-state index in [4.69, 9.17) is 28.6 Å². The fourth-order valence-electron chi connectivity index (χ4n) is 8.01. The van der Waals surface area contributed by atoms with Crippen molar-refractivity contribution >= 4 is 88.6 Å². The van der Waals surface area contributed by atoms with Gasteiger partial charge in [0.1, 0.15) is 62.4 Å². The highest BCUT2D eigenvalue weighted by atomic mass is 79.9. The fourth-order valence-corrected chi connectivity index (χ4v) is 11.3. The number of furan rings is 1. The minimum absolute atomic E-state index is 0.0806. The molecule has 64 heavy (non-hydrogen) atoms. The summed E-state index contributed by atoms with van der Waals surface area (Å²) in [5, 5.41) is 16.9. The Hall–Kier alpha value is -4.40. The number of aliphatic imine (C=N–C) groups is 1. The number of benzene rings is 1. The van der Waals surface area contributed by atoms with Gasteiger partial charge in [-0.3, -0.25) is 24.1 Å². The Bertz CT molecular complexity index is 2570. The summed E-state index contributed by atoms with van der Waals surface area (Å²) >= 11 is 5.09. The molecule has 0 radical (unpaired) electrons. The molecule has 17 nitrogen and oxygen atoms in total. The summed E-state index contributed by atoms with van der Waals surface area (Å²) in [7, 11) is -2.42. The van der Waals surface area contributed by atoms with Crippen LogP contribution in [0, 0.1) is 11.3 Å². The van der Waals surface area contributed by atoms with E-state index >= 15 is 0 Å². The summed E-state index contributed by atoms with van der Waals surface area (Å²) in [6, 6.07) is 2.76. The van der Waals surface area contributed by atoms with E-state index in [0.29, 0.717) is 56.0 Å². The number of nitrogens with zero attached hydrogens (tertiary/aromatic N) is 3. The summed E-state index contributed by atoms with van der Waals surface area (Å²) in [5.74, 6) is -1.56. The van der Waals surface area contributed by atoms with Crippen molar-refractivity contribution in [3.05, 3.63) is 41.0 Å². The number of pyridine rings is 1. The second-order valence-corrected chi connectivity index (χ2v) is 23.6. The summed E-state index contributed by atoms with van der Waals surface area (Å²) in [5.41, 5.74) is -3.81. The van der Waals surface area contributed by atoms with E-state index in [0.717, 1.165) is 0 Å². The van der Waals surface area contributed by atoms with Crippen molar-refractivity contribution in [3.8, 4) is 11.5 Å². The molecule has 4 N–H and O–H groups in total. The number of alkyl carbamates (subject to hydrolysis) is 1. The molecule has 3 fully saturated rings. The van der Waals surface area contributed by atoms with Crippen molar-refractivity contribution in [1.82, 2.24) is 25.2 Å². The first-order valence-corrected chi connectivity index (χ1v) is 24.5. The van der Waals surface area contributed by atoms with Gasteiger partial charge in [0.2, 0.25) is 21.8 Å². The number of likely N-dealkylation sites (tertiary alicyclic amines) is 1. The van der Waals surface area contributed by atoms with Crippen molar-refractivity contribution < 1.29 is 51.3 Å². The third-order valence-electron chi connectivity index (χ3n) is 11.8. The Labute approximate surface area is 385 Å². The molecule has 2 aromatic heterocycles. The third-order valence-corrected chi connectivity index (χ3v) is 15.9. The standard InChI is InChI=1S/C44H57BrN6O11S2/c1-12-22-19-44(22,37(54)50-64(57,58)24-13-14-24)48-35(52)25-17-23(20-51(25)36(53)34(40(2,3)4)47-39(55)62-41(5,6)7)60-28-18-29(43(10)21-63-38(49-43)42(8,9)56)46-32-30-26(61-33(28)32)15-16-27(59-11)31(30)45/h12,15-16,18,22-25,34,56H,1,13-14,17,19-21H2,2-11H3,(H,47,55)(H,48,52)(H,50,54). The number of hydrogen-bond donors (Lipinski definition) is 4.